The molecule has 1 N–H and O–H groups in total. The summed E-state index contributed by atoms with van der Waals surface area (Å²) in [6, 6.07) is 0. The Bertz CT molecular complexity index is 49.0. The summed E-state index contributed by atoms with van der Waals surface area (Å²) in [4.78, 5) is 0. The number of hydrogen-bond donors (Lipinski definition) is 1. The highest BCUT2D eigenvalue weighted by Crippen LogP contribution is 2.03. The van der Waals surface area contributed by atoms with Gasteiger partial charge in [-0.05, 0) is 20.8 Å². The molecular weight excluding hydrogens is 182 g/mol. The molecule has 0 rings (SSSR count). The number of hydrogen-bond acceptors (Lipinski definition) is 1. The minimum atomic E-state index is -0.750. The van der Waals surface area contributed by atoms with Gasteiger partial charge < -0.3 is 5.11 Å². The van der Waals surface area contributed by atoms with Crippen LogP contribution in [0.2, 0.25) is 0 Å². The van der Waals surface area contributed by atoms with Crippen LogP contribution in [0.15, 0.2) is 0 Å². The largest absolute Gasteiger partial charge is 0.391 e. The van der Waals surface area contributed by atoms with E-state index in [1.54, 1.807) is 20.8 Å². The van der Waals surface area contributed by atoms with Gasteiger partial charge in [0.1, 0.15) is 0 Å². The Balaban J connectivity index is 0. The van der Waals surface area contributed by atoms with Gasteiger partial charge in [0.2, 0.25) is 0 Å². The number of alkyl halides is 3. The molecule has 0 saturated heterocycles. The van der Waals surface area contributed by atoms with Crippen LogP contribution in [0.25, 0.3) is 0 Å². The topological polar surface area (TPSA) is 20.2 Å². The molecule has 0 spiro atoms. The summed E-state index contributed by atoms with van der Waals surface area (Å²) in [5.41, 5.74) is -0.500. The molecule has 0 aliphatic carbocycles. The molecule has 0 bridgehead atoms. The second kappa shape index (κ2) is 5.60. The van der Waals surface area contributed by atoms with Crippen LogP contribution in [0.1, 0.15) is 20.8 Å². The summed E-state index contributed by atoms with van der Waals surface area (Å²) in [5, 5.41) is 8.52. The third kappa shape index (κ3) is 598. The second-order valence-corrected chi connectivity index (χ2v) is 4.40. The molecule has 0 fully saturated rings. The Morgan fingerprint density at radius 3 is 1.11 bits per heavy atom. The van der Waals surface area contributed by atoms with Crippen LogP contribution in [0, 0.1) is 0 Å². The van der Waals surface area contributed by atoms with Crippen molar-refractivity contribution in [2.45, 2.75) is 30.7 Å². The van der Waals surface area contributed by atoms with E-state index in [0.29, 0.717) is 0 Å². The number of halogens is 3. The van der Waals surface area contributed by atoms with E-state index >= 15 is 0 Å². The first-order chi connectivity index (χ1) is 3.73. The van der Waals surface area contributed by atoms with Crippen molar-refractivity contribution in [2.75, 3.05) is 0 Å². The molecule has 0 heterocycles. The van der Waals surface area contributed by atoms with Crippen LogP contribution in [-0.2, 0) is 0 Å². The molecule has 0 radical (unpaired) electrons. The lowest BCUT2D eigenvalue weighted by atomic mass is 10.2. The van der Waals surface area contributed by atoms with Gasteiger partial charge in [0.15, 0.2) is 4.30 Å². The summed E-state index contributed by atoms with van der Waals surface area (Å²) in [6.45, 7) is 5.23. The molecule has 0 aromatic rings. The molecule has 0 aliphatic rings. The van der Waals surface area contributed by atoms with E-state index in [9.17, 15) is 0 Å². The van der Waals surface area contributed by atoms with Crippen molar-refractivity contribution in [1.82, 2.24) is 0 Å². The summed E-state index contributed by atoms with van der Waals surface area (Å²) < 4.78 is -0.750. The smallest absolute Gasteiger partial charge is 0.180 e. The van der Waals surface area contributed by atoms with Gasteiger partial charge in [-0.2, -0.15) is 0 Å². The Morgan fingerprint density at radius 2 is 1.11 bits per heavy atom. The van der Waals surface area contributed by atoms with Crippen LogP contribution in [0.5, 0.6) is 0 Å². The van der Waals surface area contributed by atoms with Crippen LogP contribution < -0.4 is 0 Å². The SMILES string of the molecule is CC(C)(C)O.ClC(Cl)Cl. The maximum absolute atomic E-state index is 8.52. The molecule has 0 atom stereocenters. The molecule has 0 aromatic carbocycles. The van der Waals surface area contributed by atoms with Gasteiger partial charge in [0.25, 0.3) is 0 Å². The summed E-state index contributed by atoms with van der Waals surface area (Å²) in [5.74, 6) is 0. The Labute approximate surface area is 70.9 Å². The lowest BCUT2D eigenvalue weighted by Crippen LogP contribution is -2.10. The fourth-order valence-electron chi connectivity index (χ4n) is 0. The molecular formula is C5H11Cl3O. The molecule has 0 amide bonds. The molecule has 4 heteroatoms. The van der Waals surface area contributed by atoms with Crippen molar-refractivity contribution in [1.29, 1.82) is 0 Å². The average Bonchev–Trinajstić information content (AvgIpc) is 1.19. The maximum Gasteiger partial charge on any atom is 0.180 e. The molecule has 0 aliphatic heterocycles. The van der Waals surface area contributed by atoms with Crippen molar-refractivity contribution >= 4 is 34.8 Å². The van der Waals surface area contributed by atoms with E-state index in [1.165, 1.54) is 0 Å². The molecule has 1 nitrogen and oxygen atoms in total. The Morgan fingerprint density at radius 1 is 1.11 bits per heavy atom. The molecule has 0 unspecified atom stereocenters. The van der Waals surface area contributed by atoms with Crippen LogP contribution in [0.3, 0.4) is 0 Å². The quantitative estimate of drug-likeness (QED) is 0.587. The van der Waals surface area contributed by atoms with Gasteiger partial charge >= 0.3 is 0 Å². The van der Waals surface area contributed by atoms with Gasteiger partial charge in [-0.3, -0.25) is 0 Å². The van der Waals surface area contributed by atoms with Crippen molar-refractivity contribution in [2.24, 2.45) is 0 Å². The van der Waals surface area contributed by atoms with Crippen LogP contribution in [0.4, 0.5) is 0 Å². The van der Waals surface area contributed by atoms with Gasteiger partial charge in [-0.25, -0.2) is 0 Å². The zero-order valence-electron chi connectivity index (χ0n) is 5.66. The highest BCUT2D eigenvalue weighted by molar-refractivity contribution is 6.63. The van der Waals surface area contributed by atoms with Crippen molar-refractivity contribution in [3.8, 4) is 0 Å². The minimum Gasteiger partial charge on any atom is -0.391 e. The first-order valence-electron chi connectivity index (χ1n) is 2.38. The third-order valence-corrected chi connectivity index (χ3v) is 0. The third-order valence-electron chi connectivity index (χ3n) is 0. The van der Waals surface area contributed by atoms with Gasteiger partial charge in [-0.1, -0.05) is 34.8 Å². The van der Waals surface area contributed by atoms with Crippen molar-refractivity contribution < 1.29 is 5.11 Å². The average molecular weight is 194 g/mol. The predicted molar refractivity (Wildman–Crippen MR) is 43.3 cm³/mol. The van der Waals surface area contributed by atoms with E-state index in [1.807, 2.05) is 0 Å². The maximum atomic E-state index is 8.52. The molecule has 0 saturated carbocycles. The zero-order chi connectivity index (χ0) is 8.08. The highest BCUT2D eigenvalue weighted by Gasteiger charge is 1.97. The minimum absolute atomic E-state index is 0.500. The fourth-order valence-corrected chi connectivity index (χ4v) is 0. The molecule has 9 heavy (non-hydrogen) atoms. The van der Waals surface area contributed by atoms with E-state index in [0.717, 1.165) is 0 Å². The zero-order valence-corrected chi connectivity index (χ0v) is 7.93. The summed E-state index contributed by atoms with van der Waals surface area (Å²) >= 11 is 14.4. The number of aliphatic hydroxyl groups is 1. The van der Waals surface area contributed by atoms with E-state index in [2.05, 4.69) is 0 Å². The molecule has 0 aromatic heterocycles. The highest BCUT2D eigenvalue weighted by atomic mass is 35.6. The monoisotopic (exact) mass is 192 g/mol. The second-order valence-electron chi connectivity index (χ2n) is 2.42. The fraction of sp³-hybridized carbons (Fsp3) is 1.00. The Hall–Kier alpha value is 0.830. The normalized spacial score (nSPS) is 10.7. The lowest BCUT2D eigenvalue weighted by molar-refractivity contribution is 0.102. The Kier molecular flexibility index (Phi) is 7.78. The van der Waals surface area contributed by atoms with Crippen molar-refractivity contribution in [3.63, 3.8) is 0 Å². The predicted octanol–water partition coefficient (Wildman–Crippen LogP) is 2.76. The van der Waals surface area contributed by atoms with Crippen LogP contribution >= 0.6 is 34.8 Å². The standard InChI is InChI=1S/C4H10O.CHCl3/c1-4(2,3)5;2-1(3)4/h5H,1-3H3;1H. The van der Waals surface area contributed by atoms with Gasteiger partial charge in [0, 0.05) is 0 Å². The summed E-state index contributed by atoms with van der Waals surface area (Å²) in [6.07, 6.45) is 0. The lowest BCUT2D eigenvalue weighted by Gasteiger charge is -2.04. The number of rotatable bonds is 0. The van der Waals surface area contributed by atoms with Gasteiger partial charge in [0.05, 0.1) is 5.60 Å². The summed E-state index contributed by atoms with van der Waals surface area (Å²) in [7, 11) is 0. The molecule has 58 valence electrons. The first kappa shape index (κ1) is 12.5. The van der Waals surface area contributed by atoms with E-state index in [-0.39, 0.29) is 0 Å². The van der Waals surface area contributed by atoms with Crippen LogP contribution in [-0.4, -0.2) is 15.0 Å². The first-order valence-corrected chi connectivity index (χ1v) is 3.69. The van der Waals surface area contributed by atoms with Crippen molar-refractivity contribution in [3.05, 3.63) is 0 Å². The van der Waals surface area contributed by atoms with E-state index < -0.39 is 9.90 Å². The van der Waals surface area contributed by atoms with E-state index in [4.69, 9.17) is 39.9 Å². The van der Waals surface area contributed by atoms with Gasteiger partial charge in [-0.15, -0.1) is 0 Å².